The summed E-state index contributed by atoms with van der Waals surface area (Å²) < 4.78 is 5.29. The third-order valence-corrected chi connectivity index (χ3v) is 3.44. The van der Waals surface area contributed by atoms with Gasteiger partial charge < -0.3 is 15.4 Å². The molecule has 17 heavy (non-hydrogen) atoms. The highest BCUT2D eigenvalue weighted by molar-refractivity contribution is 5.68. The van der Waals surface area contributed by atoms with Crippen LogP contribution in [0.4, 0.5) is 4.79 Å². The number of fused-ring (bicyclic) bond motifs is 2. The highest BCUT2D eigenvalue weighted by Crippen LogP contribution is 2.25. The zero-order valence-corrected chi connectivity index (χ0v) is 11.1. The Kier molecular flexibility index (Phi) is 3.61. The van der Waals surface area contributed by atoms with Crippen LogP contribution in [0.1, 0.15) is 52.9 Å². The van der Waals surface area contributed by atoms with E-state index in [9.17, 15) is 4.79 Å². The minimum Gasteiger partial charge on any atom is -0.444 e. The van der Waals surface area contributed by atoms with Gasteiger partial charge in [0, 0.05) is 18.1 Å². The summed E-state index contributed by atoms with van der Waals surface area (Å²) in [6, 6.07) is 1.45. The second kappa shape index (κ2) is 4.84. The maximum atomic E-state index is 11.7. The molecule has 0 unspecified atom stereocenters. The molecule has 2 rings (SSSR count). The lowest BCUT2D eigenvalue weighted by Gasteiger charge is -2.40. The van der Waals surface area contributed by atoms with Gasteiger partial charge in [-0.05, 0) is 46.5 Å². The third kappa shape index (κ3) is 3.87. The van der Waals surface area contributed by atoms with E-state index in [1.54, 1.807) is 0 Å². The van der Waals surface area contributed by atoms with Gasteiger partial charge in [-0.15, -0.1) is 0 Å². The van der Waals surface area contributed by atoms with Crippen molar-refractivity contribution in [2.75, 3.05) is 0 Å². The van der Waals surface area contributed by atoms with E-state index in [0.29, 0.717) is 12.1 Å². The summed E-state index contributed by atoms with van der Waals surface area (Å²) in [7, 11) is 0. The summed E-state index contributed by atoms with van der Waals surface area (Å²) in [6.07, 6.45) is 5.60. The molecule has 0 aliphatic carbocycles. The molecule has 2 bridgehead atoms. The molecule has 0 aromatic heterocycles. The van der Waals surface area contributed by atoms with Crippen molar-refractivity contribution in [1.82, 2.24) is 10.6 Å². The quantitative estimate of drug-likeness (QED) is 0.738. The Morgan fingerprint density at radius 1 is 1.24 bits per heavy atom. The van der Waals surface area contributed by atoms with Crippen LogP contribution in [0.3, 0.4) is 0 Å². The first-order valence-electron chi connectivity index (χ1n) is 6.68. The van der Waals surface area contributed by atoms with Gasteiger partial charge in [0.15, 0.2) is 0 Å². The van der Waals surface area contributed by atoms with Crippen molar-refractivity contribution in [3.8, 4) is 0 Å². The van der Waals surface area contributed by atoms with Gasteiger partial charge in [0.2, 0.25) is 0 Å². The van der Waals surface area contributed by atoms with Gasteiger partial charge in [0.25, 0.3) is 0 Å². The van der Waals surface area contributed by atoms with Crippen LogP contribution in [0.5, 0.6) is 0 Å². The number of ether oxygens (including phenoxy) is 1. The summed E-state index contributed by atoms with van der Waals surface area (Å²) in [5.74, 6) is 0. The molecule has 4 nitrogen and oxygen atoms in total. The van der Waals surface area contributed by atoms with Crippen LogP contribution in [0.2, 0.25) is 0 Å². The molecule has 2 atom stereocenters. The van der Waals surface area contributed by atoms with Gasteiger partial charge in [0.1, 0.15) is 5.60 Å². The van der Waals surface area contributed by atoms with E-state index in [4.69, 9.17) is 4.74 Å². The Hall–Kier alpha value is -0.770. The van der Waals surface area contributed by atoms with E-state index in [1.165, 1.54) is 19.3 Å². The zero-order valence-electron chi connectivity index (χ0n) is 11.1. The van der Waals surface area contributed by atoms with E-state index in [0.717, 1.165) is 12.8 Å². The molecule has 0 aromatic rings. The topological polar surface area (TPSA) is 50.4 Å². The second-order valence-corrected chi connectivity index (χ2v) is 6.31. The number of amides is 1. The fraction of sp³-hybridized carbons (Fsp3) is 0.923. The minimum absolute atomic E-state index is 0.275. The Morgan fingerprint density at radius 3 is 2.35 bits per heavy atom. The molecule has 98 valence electrons. The van der Waals surface area contributed by atoms with Crippen molar-refractivity contribution in [2.24, 2.45) is 0 Å². The van der Waals surface area contributed by atoms with Crippen molar-refractivity contribution in [2.45, 2.75) is 76.6 Å². The van der Waals surface area contributed by atoms with Crippen LogP contribution in [0.15, 0.2) is 0 Å². The molecule has 2 aliphatic rings. The van der Waals surface area contributed by atoms with Crippen molar-refractivity contribution < 1.29 is 9.53 Å². The van der Waals surface area contributed by atoms with Crippen molar-refractivity contribution >= 4 is 6.09 Å². The summed E-state index contributed by atoms with van der Waals surface area (Å²) >= 11 is 0. The molecule has 2 saturated heterocycles. The number of carbonyl (C=O) groups is 1. The number of alkyl carbamates (subject to hydrolysis) is 1. The Labute approximate surface area is 103 Å². The summed E-state index contributed by atoms with van der Waals surface area (Å²) in [4.78, 5) is 11.7. The van der Waals surface area contributed by atoms with Crippen molar-refractivity contribution in [3.05, 3.63) is 0 Å². The molecule has 2 heterocycles. The largest absolute Gasteiger partial charge is 0.444 e. The molecule has 4 heteroatoms. The van der Waals surface area contributed by atoms with Crippen molar-refractivity contribution in [1.29, 1.82) is 0 Å². The first-order valence-corrected chi connectivity index (χ1v) is 6.68. The SMILES string of the molecule is CC(C)(C)OC(=O)NC1C[C@@H]2CCC[C@@H](C1)N2. The molecule has 2 N–H and O–H groups in total. The van der Waals surface area contributed by atoms with Gasteiger partial charge in [-0.2, -0.15) is 0 Å². The van der Waals surface area contributed by atoms with E-state index in [2.05, 4.69) is 10.6 Å². The number of carbonyl (C=O) groups excluding carboxylic acids is 1. The van der Waals surface area contributed by atoms with Crippen LogP contribution in [0.25, 0.3) is 0 Å². The van der Waals surface area contributed by atoms with Gasteiger partial charge in [-0.1, -0.05) is 6.42 Å². The smallest absolute Gasteiger partial charge is 0.407 e. The molecule has 0 radical (unpaired) electrons. The first kappa shape index (κ1) is 12.7. The van der Waals surface area contributed by atoms with Gasteiger partial charge in [-0.25, -0.2) is 4.79 Å². The van der Waals surface area contributed by atoms with Gasteiger partial charge in [-0.3, -0.25) is 0 Å². The van der Waals surface area contributed by atoms with E-state index in [-0.39, 0.29) is 12.1 Å². The number of rotatable bonds is 1. The van der Waals surface area contributed by atoms with Gasteiger partial charge >= 0.3 is 6.09 Å². The second-order valence-electron chi connectivity index (χ2n) is 6.31. The predicted octanol–water partition coefficient (Wildman–Crippen LogP) is 2.18. The molecule has 0 saturated carbocycles. The number of hydrogen-bond donors (Lipinski definition) is 2. The molecule has 0 spiro atoms. The monoisotopic (exact) mass is 240 g/mol. The molecule has 2 aliphatic heterocycles. The van der Waals surface area contributed by atoms with Crippen LogP contribution in [0, 0.1) is 0 Å². The summed E-state index contributed by atoms with van der Waals surface area (Å²) in [6.45, 7) is 5.68. The van der Waals surface area contributed by atoms with E-state index < -0.39 is 5.60 Å². The standard InChI is InChI=1S/C13H24N2O2/c1-13(2,3)17-12(16)15-11-7-9-5-4-6-10(8-11)14-9/h9-11,14H,4-8H2,1-3H3,(H,15,16)/t9-,10-/m0/s1. The normalized spacial score (nSPS) is 33.0. The Morgan fingerprint density at radius 2 is 1.82 bits per heavy atom. The lowest BCUT2D eigenvalue weighted by molar-refractivity contribution is 0.0474. The molecular formula is C13H24N2O2. The first-order chi connectivity index (χ1) is 7.92. The highest BCUT2D eigenvalue weighted by atomic mass is 16.6. The van der Waals surface area contributed by atoms with Gasteiger partial charge in [0.05, 0.1) is 0 Å². The third-order valence-electron chi connectivity index (χ3n) is 3.44. The molecule has 1 amide bonds. The summed E-state index contributed by atoms with van der Waals surface area (Å²) in [5.41, 5.74) is -0.410. The maximum Gasteiger partial charge on any atom is 0.407 e. The average molecular weight is 240 g/mol. The van der Waals surface area contributed by atoms with Crippen LogP contribution >= 0.6 is 0 Å². The molecular weight excluding hydrogens is 216 g/mol. The highest BCUT2D eigenvalue weighted by Gasteiger charge is 2.32. The number of hydrogen-bond acceptors (Lipinski definition) is 3. The van der Waals surface area contributed by atoms with Crippen LogP contribution in [-0.2, 0) is 4.74 Å². The maximum absolute atomic E-state index is 11.7. The van der Waals surface area contributed by atoms with Crippen molar-refractivity contribution in [3.63, 3.8) is 0 Å². The fourth-order valence-corrected chi connectivity index (χ4v) is 2.86. The molecule has 0 aromatic carbocycles. The minimum atomic E-state index is -0.410. The van der Waals surface area contributed by atoms with Crippen LogP contribution in [-0.4, -0.2) is 29.8 Å². The number of piperidine rings is 2. The average Bonchev–Trinajstić information content (AvgIpc) is 2.13. The predicted molar refractivity (Wildman–Crippen MR) is 67.0 cm³/mol. The lowest BCUT2D eigenvalue weighted by Crippen LogP contribution is -2.55. The zero-order chi connectivity index (χ0) is 12.5. The molecule has 2 fully saturated rings. The lowest BCUT2D eigenvalue weighted by atomic mass is 9.84. The van der Waals surface area contributed by atoms with E-state index in [1.807, 2.05) is 20.8 Å². The Balaban J connectivity index is 1.81. The number of nitrogens with one attached hydrogen (secondary N) is 2. The summed E-state index contributed by atoms with van der Waals surface area (Å²) in [5, 5.41) is 6.61. The van der Waals surface area contributed by atoms with E-state index >= 15 is 0 Å². The Bertz CT molecular complexity index is 274. The van der Waals surface area contributed by atoms with Crippen LogP contribution < -0.4 is 10.6 Å². The fourth-order valence-electron chi connectivity index (χ4n) is 2.86.